The van der Waals surface area contributed by atoms with E-state index in [4.69, 9.17) is 16.3 Å². The van der Waals surface area contributed by atoms with Crippen LogP contribution in [0.1, 0.15) is 43.1 Å². The van der Waals surface area contributed by atoms with Crippen LogP contribution >= 0.6 is 11.6 Å². The number of benzene rings is 1. The molecule has 4 rings (SSSR count). The minimum absolute atomic E-state index is 0.162. The van der Waals surface area contributed by atoms with Crippen molar-refractivity contribution < 1.29 is 14.3 Å². The van der Waals surface area contributed by atoms with Crippen molar-refractivity contribution in [3.05, 3.63) is 46.1 Å². The van der Waals surface area contributed by atoms with E-state index in [2.05, 4.69) is 0 Å². The molecule has 1 aromatic carbocycles. The van der Waals surface area contributed by atoms with Gasteiger partial charge in [-0.15, -0.1) is 0 Å². The number of ether oxygens (including phenoxy) is 1. The number of carbonyl (C=O) groups excluding carboxylic acids is 2. The monoisotopic (exact) mass is 331 g/mol. The third kappa shape index (κ3) is 1.91. The highest BCUT2D eigenvalue weighted by molar-refractivity contribution is 6.46. The fraction of sp³-hybridized carbons (Fsp3) is 0.444. The number of fused-ring (bicyclic) bond motifs is 1. The number of hydrogen-bond donors (Lipinski definition) is 0. The minimum atomic E-state index is -0.583. The van der Waals surface area contributed by atoms with Crippen molar-refractivity contribution in [1.82, 2.24) is 4.90 Å². The Hall–Kier alpha value is -1.81. The molecule has 2 atom stereocenters. The van der Waals surface area contributed by atoms with Crippen molar-refractivity contribution in [3.8, 4) is 0 Å². The topological polar surface area (TPSA) is 46.6 Å². The fourth-order valence-corrected chi connectivity index (χ4v) is 4.32. The molecule has 2 fully saturated rings. The zero-order chi connectivity index (χ0) is 16.6. The molecule has 3 aliphatic rings. The quantitative estimate of drug-likeness (QED) is 0.725. The van der Waals surface area contributed by atoms with Crippen molar-refractivity contribution in [2.24, 2.45) is 5.92 Å². The van der Waals surface area contributed by atoms with Crippen LogP contribution in [0.15, 0.2) is 35.0 Å². The number of likely N-dealkylation sites (tertiary alicyclic amines) is 1. The Morgan fingerprint density at radius 2 is 2.04 bits per heavy atom. The number of allylic oxidation sites excluding steroid dienone is 2. The highest BCUT2D eigenvalue weighted by Crippen LogP contribution is 2.68. The molecule has 5 heteroatoms. The van der Waals surface area contributed by atoms with Gasteiger partial charge in [0.25, 0.3) is 0 Å². The maximum absolute atomic E-state index is 12.6. The van der Waals surface area contributed by atoms with Crippen LogP contribution in [0.3, 0.4) is 0 Å². The lowest BCUT2D eigenvalue weighted by Gasteiger charge is -2.32. The fourth-order valence-electron chi connectivity index (χ4n) is 3.94. The summed E-state index contributed by atoms with van der Waals surface area (Å²) in [6.45, 7) is 6.04. The lowest BCUT2D eigenvalue weighted by molar-refractivity contribution is 0.0321. The highest BCUT2D eigenvalue weighted by atomic mass is 35.5. The molecule has 1 heterocycles. The van der Waals surface area contributed by atoms with Gasteiger partial charge in [0.1, 0.15) is 10.6 Å². The van der Waals surface area contributed by atoms with E-state index < -0.39 is 11.7 Å². The Balaban J connectivity index is 1.80. The van der Waals surface area contributed by atoms with Gasteiger partial charge >= 0.3 is 6.09 Å². The standard InChI is InChI=1S/C18H18ClNO3/c1-17(2,3)23-16(22)20-9-10-8-18(10)12-7-5-4-6-11(12)14(21)13(19)15(18)20/h4-7,10H,8-9H2,1-3H3. The van der Waals surface area contributed by atoms with E-state index in [1.165, 1.54) is 0 Å². The molecule has 23 heavy (non-hydrogen) atoms. The molecule has 0 radical (unpaired) electrons. The van der Waals surface area contributed by atoms with Gasteiger partial charge in [-0.05, 0) is 38.7 Å². The summed E-state index contributed by atoms with van der Waals surface area (Å²) in [6.07, 6.45) is 0.506. The van der Waals surface area contributed by atoms with Gasteiger partial charge in [0.2, 0.25) is 5.78 Å². The zero-order valence-corrected chi connectivity index (χ0v) is 14.1. The van der Waals surface area contributed by atoms with Crippen LogP contribution in [0.5, 0.6) is 0 Å². The largest absolute Gasteiger partial charge is 0.443 e. The molecule has 0 bridgehead atoms. The van der Waals surface area contributed by atoms with Crippen molar-refractivity contribution in [3.63, 3.8) is 0 Å². The van der Waals surface area contributed by atoms with E-state index in [9.17, 15) is 9.59 Å². The van der Waals surface area contributed by atoms with Crippen LogP contribution < -0.4 is 0 Å². The van der Waals surface area contributed by atoms with Crippen molar-refractivity contribution >= 4 is 23.5 Å². The summed E-state index contributed by atoms with van der Waals surface area (Å²) in [5.74, 6) is 0.108. The zero-order valence-electron chi connectivity index (χ0n) is 13.4. The predicted octanol–water partition coefficient (Wildman–Crippen LogP) is 3.84. The van der Waals surface area contributed by atoms with Gasteiger partial charge in [0.05, 0.1) is 5.70 Å². The van der Waals surface area contributed by atoms with Crippen LogP contribution in [0.25, 0.3) is 0 Å². The molecule has 1 aliphatic heterocycles. The number of nitrogens with zero attached hydrogens (tertiary/aromatic N) is 1. The highest BCUT2D eigenvalue weighted by Gasteiger charge is 2.69. The van der Waals surface area contributed by atoms with Gasteiger partial charge in [0, 0.05) is 17.5 Å². The van der Waals surface area contributed by atoms with E-state index in [0.29, 0.717) is 23.7 Å². The smallest absolute Gasteiger partial charge is 0.414 e. The first-order valence-corrected chi connectivity index (χ1v) is 8.18. The molecule has 4 nitrogen and oxygen atoms in total. The van der Waals surface area contributed by atoms with Crippen LogP contribution in [0.2, 0.25) is 0 Å². The molecule has 1 amide bonds. The predicted molar refractivity (Wildman–Crippen MR) is 86.4 cm³/mol. The van der Waals surface area contributed by atoms with Gasteiger partial charge < -0.3 is 4.74 Å². The molecule has 1 saturated carbocycles. The lowest BCUT2D eigenvalue weighted by atomic mass is 9.81. The van der Waals surface area contributed by atoms with Gasteiger partial charge in [-0.2, -0.15) is 0 Å². The van der Waals surface area contributed by atoms with Gasteiger partial charge in [-0.3, -0.25) is 9.69 Å². The molecule has 0 aromatic heterocycles. The molecule has 0 N–H and O–H groups in total. The summed E-state index contributed by atoms with van der Waals surface area (Å²) in [5, 5.41) is 0.162. The van der Waals surface area contributed by atoms with Crippen molar-refractivity contribution in [2.75, 3.05) is 6.54 Å². The van der Waals surface area contributed by atoms with E-state index in [1.54, 1.807) is 4.90 Å². The second-order valence-corrected chi connectivity index (χ2v) is 7.88. The summed E-state index contributed by atoms with van der Waals surface area (Å²) in [7, 11) is 0. The van der Waals surface area contributed by atoms with Crippen LogP contribution in [-0.4, -0.2) is 28.9 Å². The molecular formula is C18H18ClNO3. The average Bonchev–Trinajstić information content (AvgIpc) is 3.08. The summed E-state index contributed by atoms with van der Waals surface area (Å²) in [5.41, 5.74) is 1.44. The van der Waals surface area contributed by atoms with Gasteiger partial charge in [0.15, 0.2) is 0 Å². The molecule has 2 aliphatic carbocycles. The summed E-state index contributed by atoms with van der Waals surface area (Å²) < 4.78 is 5.49. The first kappa shape index (κ1) is 14.8. The Labute approximate surface area is 140 Å². The third-order valence-electron chi connectivity index (χ3n) is 4.87. The first-order chi connectivity index (χ1) is 10.8. The Kier molecular flexibility index (Phi) is 2.81. The Morgan fingerprint density at radius 3 is 2.74 bits per heavy atom. The first-order valence-electron chi connectivity index (χ1n) is 7.80. The van der Waals surface area contributed by atoms with Crippen LogP contribution in [0.4, 0.5) is 4.79 Å². The maximum Gasteiger partial charge on any atom is 0.414 e. The minimum Gasteiger partial charge on any atom is -0.443 e. The van der Waals surface area contributed by atoms with E-state index in [-0.39, 0.29) is 16.2 Å². The number of amides is 1. The second kappa shape index (κ2) is 4.38. The van der Waals surface area contributed by atoms with Gasteiger partial charge in [-0.1, -0.05) is 35.9 Å². The number of piperidine rings is 1. The summed E-state index contributed by atoms with van der Waals surface area (Å²) >= 11 is 6.40. The Morgan fingerprint density at radius 1 is 1.35 bits per heavy atom. The van der Waals surface area contributed by atoms with E-state index >= 15 is 0 Å². The van der Waals surface area contributed by atoms with Gasteiger partial charge in [-0.25, -0.2) is 4.79 Å². The summed E-state index contributed by atoms with van der Waals surface area (Å²) in [4.78, 5) is 26.7. The Bertz CT molecular complexity index is 777. The second-order valence-electron chi connectivity index (χ2n) is 7.50. The lowest BCUT2D eigenvalue weighted by Crippen LogP contribution is -2.38. The van der Waals surface area contributed by atoms with Crippen molar-refractivity contribution in [1.29, 1.82) is 0 Å². The van der Waals surface area contributed by atoms with E-state index in [0.717, 1.165) is 12.0 Å². The summed E-state index contributed by atoms with van der Waals surface area (Å²) in [6, 6.07) is 7.58. The average molecular weight is 332 g/mol. The normalized spacial score (nSPS) is 28.3. The number of Topliss-reactive ketones (excluding diaryl/α,β-unsaturated/α-hetero) is 1. The van der Waals surface area contributed by atoms with Crippen LogP contribution in [0, 0.1) is 5.92 Å². The van der Waals surface area contributed by atoms with Crippen molar-refractivity contribution in [2.45, 2.75) is 38.2 Å². The van der Waals surface area contributed by atoms with Crippen LogP contribution in [-0.2, 0) is 10.2 Å². The third-order valence-corrected chi connectivity index (χ3v) is 5.22. The number of ketones is 1. The number of rotatable bonds is 0. The number of hydrogen-bond acceptors (Lipinski definition) is 3. The van der Waals surface area contributed by atoms with E-state index in [1.807, 2.05) is 45.0 Å². The molecule has 120 valence electrons. The molecule has 1 saturated heterocycles. The molecule has 1 spiro atoms. The SMILES string of the molecule is CC(C)(C)OC(=O)N1CC2CC23C1=C(Cl)C(=O)c1ccccc13. The number of halogens is 1. The molecule has 2 unspecified atom stereocenters. The number of carbonyl (C=O) groups is 2. The molecular weight excluding hydrogens is 314 g/mol. The maximum atomic E-state index is 12.6. The molecule has 1 aromatic rings.